The highest BCUT2D eigenvalue weighted by Crippen LogP contribution is 2.00. The molecule has 4 nitrogen and oxygen atoms in total. The molecule has 1 aromatic heterocycles. The van der Waals surface area contributed by atoms with Gasteiger partial charge in [0.2, 0.25) is 0 Å². The number of carbonyl (C=O) groups excluding carboxylic acids is 1. The van der Waals surface area contributed by atoms with E-state index >= 15 is 0 Å². The number of esters is 1. The predicted molar refractivity (Wildman–Crippen MR) is 52.2 cm³/mol. The van der Waals surface area contributed by atoms with Crippen LogP contribution in [0.4, 0.5) is 5.82 Å². The summed E-state index contributed by atoms with van der Waals surface area (Å²) >= 11 is 0. The van der Waals surface area contributed by atoms with E-state index in [0.29, 0.717) is 5.82 Å². The van der Waals surface area contributed by atoms with Crippen molar-refractivity contribution in [1.29, 1.82) is 0 Å². The smallest absolute Gasteiger partial charge is 0.317 e. The second-order valence-corrected chi connectivity index (χ2v) is 2.52. The van der Waals surface area contributed by atoms with Gasteiger partial charge in [0.15, 0.2) is 0 Å². The maximum atomic E-state index is 10.7. The molecular weight excluding hydrogens is 180 g/mol. The van der Waals surface area contributed by atoms with Gasteiger partial charge < -0.3 is 10.5 Å². The molecule has 0 aliphatic rings. The van der Waals surface area contributed by atoms with Gasteiger partial charge in [-0.2, -0.15) is 0 Å². The monoisotopic (exact) mass is 190 g/mol. The van der Waals surface area contributed by atoms with Crippen molar-refractivity contribution >= 4 is 11.8 Å². The molecule has 0 saturated heterocycles. The summed E-state index contributed by atoms with van der Waals surface area (Å²) in [6, 6.07) is 3.37. The van der Waals surface area contributed by atoms with Crippen LogP contribution in [0, 0.1) is 11.8 Å². The van der Waals surface area contributed by atoms with Crippen molar-refractivity contribution in [2.45, 2.75) is 6.42 Å². The molecular formula is C10H10N2O2. The molecule has 0 saturated carbocycles. The molecule has 1 heterocycles. The van der Waals surface area contributed by atoms with Crippen molar-refractivity contribution in [3.8, 4) is 11.8 Å². The molecule has 72 valence electrons. The first-order valence-corrected chi connectivity index (χ1v) is 3.99. The summed E-state index contributed by atoms with van der Waals surface area (Å²) in [6.45, 7) is 0. The quantitative estimate of drug-likeness (QED) is 0.519. The third-order valence-electron chi connectivity index (χ3n) is 1.47. The van der Waals surface area contributed by atoms with E-state index < -0.39 is 0 Å². The van der Waals surface area contributed by atoms with Crippen molar-refractivity contribution in [2.24, 2.45) is 0 Å². The van der Waals surface area contributed by atoms with Crippen LogP contribution in [0.25, 0.3) is 0 Å². The molecule has 0 radical (unpaired) electrons. The van der Waals surface area contributed by atoms with E-state index in [9.17, 15) is 4.79 Å². The van der Waals surface area contributed by atoms with Crippen LogP contribution >= 0.6 is 0 Å². The molecule has 0 amide bonds. The zero-order valence-electron chi connectivity index (χ0n) is 7.78. The Morgan fingerprint density at radius 1 is 1.71 bits per heavy atom. The fraction of sp³-hybridized carbons (Fsp3) is 0.200. The first-order valence-electron chi connectivity index (χ1n) is 3.99. The topological polar surface area (TPSA) is 65.2 Å². The average molecular weight is 190 g/mol. The third-order valence-corrected chi connectivity index (χ3v) is 1.47. The molecule has 4 heteroatoms. The van der Waals surface area contributed by atoms with Crippen LogP contribution in [0.3, 0.4) is 0 Å². The number of nitrogens with zero attached hydrogens (tertiary/aromatic N) is 1. The number of nitrogens with two attached hydrogens (primary N) is 1. The van der Waals surface area contributed by atoms with Crippen molar-refractivity contribution in [3.63, 3.8) is 0 Å². The number of rotatable bonds is 1. The summed E-state index contributed by atoms with van der Waals surface area (Å²) in [6.07, 6.45) is 1.65. The molecule has 14 heavy (non-hydrogen) atoms. The van der Waals surface area contributed by atoms with E-state index in [1.165, 1.54) is 7.11 Å². The van der Waals surface area contributed by atoms with E-state index in [4.69, 9.17) is 5.73 Å². The van der Waals surface area contributed by atoms with Gasteiger partial charge in [-0.05, 0) is 12.1 Å². The number of methoxy groups -OCH3 is 1. The summed E-state index contributed by atoms with van der Waals surface area (Å²) < 4.78 is 4.43. The van der Waals surface area contributed by atoms with Crippen molar-refractivity contribution in [2.75, 3.05) is 12.8 Å². The largest absolute Gasteiger partial charge is 0.468 e. The maximum absolute atomic E-state index is 10.7. The van der Waals surface area contributed by atoms with E-state index in [0.717, 1.165) is 5.56 Å². The van der Waals surface area contributed by atoms with E-state index in [-0.39, 0.29) is 12.4 Å². The van der Waals surface area contributed by atoms with Crippen molar-refractivity contribution in [1.82, 2.24) is 4.98 Å². The van der Waals surface area contributed by atoms with Crippen LogP contribution in [-0.4, -0.2) is 18.1 Å². The van der Waals surface area contributed by atoms with Crippen LogP contribution in [0.5, 0.6) is 0 Å². The van der Waals surface area contributed by atoms with Crippen LogP contribution in [0.2, 0.25) is 0 Å². The SMILES string of the molecule is COC(=O)CC#Cc1ccnc(N)c1. The number of hydrogen-bond donors (Lipinski definition) is 1. The molecule has 0 fully saturated rings. The molecule has 0 aliphatic heterocycles. The Kier molecular flexibility index (Phi) is 3.50. The minimum absolute atomic E-state index is 0.0821. The second kappa shape index (κ2) is 4.87. The van der Waals surface area contributed by atoms with Gasteiger partial charge in [-0.3, -0.25) is 4.79 Å². The number of aromatic nitrogens is 1. The lowest BCUT2D eigenvalue weighted by atomic mass is 10.2. The molecule has 0 bridgehead atoms. The van der Waals surface area contributed by atoms with Crippen molar-refractivity contribution in [3.05, 3.63) is 23.9 Å². The predicted octanol–water partition coefficient (Wildman–Crippen LogP) is 0.578. The molecule has 0 unspecified atom stereocenters. The van der Waals surface area contributed by atoms with Gasteiger partial charge in [0, 0.05) is 11.8 Å². The van der Waals surface area contributed by atoms with Gasteiger partial charge in [0.1, 0.15) is 12.2 Å². The maximum Gasteiger partial charge on any atom is 0.317 e. The molecule has 0 spiro atoms. The van der Waals surface area contributed by atoms with Crippen molar-refractivity contribution < 1.29 is 9.53 Å². The zero-order chi connectivity index (χ0) is 10.4. The standard InChI is InChI=1S/C10H10N2O2/c1-14-10(13)4-2-3-8-5-6-12-9(11)7-8/h5-7H,4H2,1H3,(H2,11,12). The van der Waals surface area contributed by atoms with Gasteiger partial charge >= 0.3 is 5.97 Å². The Morgan fingerprint density at radius 2 is 2.50 bits per heavy atom. The first kappa shape index (κ1) is 10.1. The number of carbonyl (C=O) groups is 1. The minimum Gasteiger partial charge on any atom is -0.468 e. The zero-order valence-corrected chi connectivity index (χ0v) is 7.78. The van der Waals surface area contributed by atoms with Gasteiger partial charge in [0.05, 0.1) is 7.11 Å². The Labute approximate surface area is 82.1 Å². The average Bonchev–Trinajstić information content (AvgIpc) is 2.17. The molecule has 1 rings (SSSR count). The number of ether oxygens (including phenoxy) is 1. The Morgan fingerprint density at radius 3 is 3.14 bits per heavy atom. The molecule has 2 N–H and O–H groups in total. The highest BCUT2D eigenvalue weighted by atomic mass is 16.5. The fourth-order valence-electron chi connectivity index (χ4n) is 0.817. The van der Waals surface area contributed by atoms with E-state index in [1.807, 2.05) is 0 Å². The van der Waals surface area contributed by atoms with E-state index in [2.05, 4.69) is 21.6 Å². The minimum atomic E-state index is -0.348. The van der Waals surface area contributed by atoms with Crippen LogP contribution in [0.15, 0.2) is 18.3 Å². The van der Waals surface area contributed by atoms with E-state index in [1.54, 1.807) is 18.3 Å². The number of nitrogen functional groups attached to an aromatic ring is 1. The number of anilines is 1. The van der Waals surface area contributed by atoms with Gasteiger partial charge in [-0.1, -0.05) is 11.8 Å². The van der Waals surface area contributed by atoms with Gasteiger partial charge in [-0.15, -0.1) is 0 Å². The number of pyridine rings is 1. The summed E-state index contributed by atoms with van der Waals surface area (Å²) in [5.41, 5.74) is 6.18. The lowest BCUT2D eigenvalue weighted by Gasteiger charge is -1.92. The third kappa shape index (κ3) is 3.15. The van der Waals surface area contributed by atoms with Crippen LogP contribution in [0.1, 0.15) is 12.0 Å². The molecule has 0 atom stereocenters. The highest BCUT2D eigenvalue weighted by Gasteiger charge is 1.93. The molecule has 1 aromatic rings. The second-order valence-electron chi connectivity index (χ2n) is 2.52. The summed E-state index contributed by atoms with van der Waals surface area (Å²) in [5.74, 6) is 5.52. The number of hydrogen-bond acceptors (Lipinski definition) is 4. The highest BCUT2D eigenvalue weighted by molar-refractivity contribution is 5.72. The van der Waals surface area contributed by atoms with Crippen LogP contribution in [-0.2, 0) is 9.53 Å². The normalized spacial score (nSPS) is 8.64. The van der Waals surface area contributed by atoms with Gasteiger partial charge in [-0.25, -0.2) is 4.98 Å². The Balaban J connectivity index is 2.64. The summed E-state index contributed by atoms with van der Waals surface area (Å²) in [4.78, 5) is 14.5. The lowest BCUT2D eigenvalue weighted by molar-refractivity contribution is -0.139. The van der Waals surface area contributed by atoms with Gasteiger partial charge in [0.25, 0.3) is 0 Å². The summed E-state index contributed by atoms with van der Waals surface area (Å²) in [7, 11) is 1.33. The molecule has 0 aromatic carbocycles. The molecule has 0 aliphatic carbocycles. The fourth-order valence-corrected chi connectivity index (χ4v) is 0.817. The van der Waals surface area contributed by atoms with Crippen LogP contribution < -0.4 is 5.73 Å². The lowest BCUT2D eigenvalue weighted by Crippen LogP contribution is -1.97. The Hall–Kier alpha value is -2.02. The first-order chi connectivity index (χ1) is 6.72. The Bertz CT molecular complexity index is 391. The summed E-state index contributed by atoms with van der Waals surface area (Å²) in [5, 5.41) is 0.